The molecule has 1 aromatic rings. The average Bonchev–Trinajstić information content (AvgIpc) is 3.19. The fourth-order valence-electron chi connectivity index (χ4n) is 3.56. The highest BCUT2D eigenvalue weighted by atomic mass is 16.6. The summed E-state index contributed by atoms with van der Waals surface area (Å²) in [7, 11) is 1.65. The number of methoxy groups -OCH3 is 1. The van der Waals surface area contributed by atoms with E-state index in [1.165, 1.54) is 0 Å². The van der Waals surface area contributed by atoms with Gasteiger partial charge >= 0.3 is 6.09 Å². The van der Waals surface area contributed by atoms with E-state index in [0.29, 0.717) is 38.4 Å². The highest BCUT2D eigenvalue weighted by Gasteiger charge is 2.35. The molecule has 1 N–H and O–H groups in total. The van der Waals surface area contributed by atoms with E-state index >= 15 is 0 Å². The van der Waals surface area contributed by atoms with E-state index in [4.69, 9.17) is 9.47 Å². The number of nitrogens with zero attached hydrogens (tertiary/aromatic N) is 3. The van der Waals surface area contributed by atoms with Gasteiger partial charge in [0.2, 0.25) is 0 Å². The van der Waals surface area contributed by atoms with Crippen LogP contribution < -0.4 is 0 Å². The van der Waals surface area contributed by atoms with E-state index in [2.05, 4.69) is 10.2 Å². The minimum absolute atomic E-state index is 0.0883. The maximum atomic E-state index is 13.0. The lowest BCUT2D eigenvalue weighted by Gasteiger charge is -2.30. The number of likely N-dealkylation sites (tertiary alicyclic amines) is 1. The number of nitrogens with one attached hydrogen (secondary N) is 1. The number of carbonyl (C=O) groups excluding carboxylic acids is 2. The molecule has 1 atom stereocenters. The Hall–Kier alpha value is -2.09. The molecule has 2 amide bonds. The Morgan fingerprint density at radius 1 is 1.31 bits per heavy atom. The summed E-state index contributed by atoms with van der Waals surface area (Å²) in [5.41, 5.74) is 1.59. The Morgan fingerprint density at radius 3 is 2.77 bits per heavy atom. The Bertz CT molecular complexity index is 679. The summed E-state index contributed by atoms with van der Waals surface area (Å²) in [6.45, 7) is 7.66. The molecule has 0 aromatic carbocycles. The highest BCUT2D eigenvalue weighted by molar-refractivity contribution is 5.94. The van der Waals surface area contributed by atoms with Gasteiger partial charge in [0.25, 0.3) is 5.91 Å². The third kappa shape index (κ3) is 3.85. The Kier molecular flexibility index (Phi) is 5.22. The molecule has 0 aliphatic carbocycles. The minimum Gasteiger partial charge on any atom is -0.444 e. The van der Waals surface area contributed by atoms with Crippen molar-refractivity contribution in [3.63, 3.8) is 0 Å². The normalized spacial score (nSPS) is 20.2. The van der Waals surface area contributed by atoms with Crippen molar-refractivity contribution in [1.29, 1.82) is 0 Å². The molecule has 0 saturated carbocycles. The van der Waals surface area contributed by atoms with Gasteiger partial charge in [-0.2, -0.15) is 5.10 Å². The fraction of sp³-hybridized carbons (Fsp3) is 0.722. The largest absolute Gasteiger partial charge is 0.444 e. The molecule has 8 heteroatoms. The topological polar surface area (TPSA) is 87.8 Å². The lowest BCUT2D eigenvalue weighted by atomic mass is 10.0. The van der Waals surface area contributed by atoms with Crippen LogP contribution in [-0.2, 0) is 22.4 Å². The first-order chi connectivity index (χ1) is 12.3. The van der Waals surface area contributed by atoms with Crippen LogP contribution in [-0.4, -0.2) is 70.4 Å². The van der Waals surface area contributed by atoms with Gasteiger partial charge in [0.05, 0.1) is 19.2 Å². The first kappa shape index (κ1) is 18.7. The number of ether oxygens (including phenoxy) is 2. The zero-order valence-electron chi connectivity index (χ0n) is 16.0. The molecular weight excluding hydrogens is 336 g/mol. The minimum atomic E-state index is -0.546. The van der Waals surface area contributed by atoms with Crippen molar-refractivity contribution in [2.75, 3.05) is 26.8 Å². The number of carbonyl (C=O) groups is 2. The third-order valence-corrected chi connectivity index (χ3v) is 4.78. The van der Waals surface area contributed by atoms with Crippen molar-refractivity contribution in [2.45, 2.75) is 58.2 Å². The van der Waals surface area contributed by atoms with Crippen molar-refractivity contribution >= 4 is 12.0 Å². The second-order valence-corrected chi connectivity index (χ2v) is 7.93. The monoisotopic (exact) mass is 364 g/mol. The van der Waals surface area contributed by atoms with Gasteiger partial charge in [-0.15, -0.1) is 0 Å². The first-order valence-electron chi connectivity index (χ1n) is 9.14. The molecule has 1 aromatic heterocycles. The predicted octanol–water partition coefficient (Wildman–Crippen LogP) is 1.95. The second-order valence-electron chi connectivity index (χ2n) is 7.93. The number of hydrogen-bond acceptors (Lipinski definition) is 5. The number of fused-ring (bicyclic) bond motifs is 1. The van der Waals surface area contributed by atoms with Crippen LogP contribution in [0.25, 0.3) is 0 Å². The molecule has 1 unspecified atom stereocenters. The molecule has 8 nitrogen and oxygen atoms in total. The standard InChI is InChI=1S/C18H28N4O4/c1-18(2,3)26-17(24)21-9-7-14-13(10-21)15(20-19-14)16(23)22-8-5-6-12(22)11-25-4/h12H,5-11H2,1-4H3,(H,19,20). The third-order valence-electron chi connectivity index (χ3n) is 4.78. The molecule has 2 aliphatic heterocycles. The molecule has 0 spiro atoms. The van der Waals surface area contributed by atoms with Crippen LogP contribution >= 0.6 is 0 Å². The number of rotatable bonds is 3. The van der Waals surface area contributed by atoms with Gasteiger partial charge < -0.3 is 19.3 Å². The van der Waals surface area contributed by atoms with Gasteiger partial charge in [0.15, 0.2) is 5.69 Å². The Balaban J connectivity index is 1.76. The Morgan fingerprint density at radius 2 is 2.08 bits per heavy atom. The van der Waals surface area contributed by atoms with Crippen molar-refractivity contribution in [1.82, 2.24) is 20.0 Å². The van der Waals surface area contributed by atoms with Gasteiger partial charge in [-0.05, 0) is 33.6 Å². The second kappa shape index (κ2) is 7.26. The van der Waals surface area contributed by atoms with Crippen LogP contribution in [0.5, 0.6) is 0 Å². The van der Waals surface area contributed by atoms with Gasteiger partial charge in [-0.25, -0.2) is 4.79 Å². The van der Waals surface area contributed by atoms with Gasteiger partial charge in [-0.1, -0.05) is 0 Å². The van der Waals surface area contributed by atoms with E-state index in [9.17, 15) is 9.59 Å². The van der Waals surface area contributed by atoms with E-state index in [1.54, 1.807) is 12.0 Å². The van der Waals surface area contributed by atoms with Gasteiger partial charge in [0.1, 0.15) is 5.60 Å². The zero-order valence-corrected chi connectivity index (χ0v) is 16.0. The fourth-order valence-corrected chi connectivity index (χ4v) is 3.56. The lowest BCUT2D eigenvalue weighted by molar-refractivity contribution is 0.0221. The summed E-state index contributed by atoms with van der Waals surface area (Å²) in [5.74, 6) is -0.0897. The molecule has 2 aliphatic rings. The summed E-state index contributed by atoms with van der Waals surface area (Å²) in [4.78, 5) is 28.9. The van der Waals surface area contributed by atoms with Crippen LogP contribution in [0.4, 0.5) is 4.79 Å². The molecule has 1 fully saturated rings. The summed E-state index contributed by atoms with van der Waals surface area (Å²) in [6.07, 6.45) is 2.18. The SMILES string of the molecule is COCC1CCCN1C(=O)c1n[nH]c2c1CN(C(=O)OC(C)(C)C)CC2. The van der Waals surface area contributed by atoms with Crippen LogP contribution in [0.1, 0.15) is 55.4 Å². The number of aromatic amines is 1. The van der Waals surface area contributed by atoms with Crippen molar-refractivity contribution < 1.29 is 19.1 Å². The smallest absolute Gasteiger partial charge is 0.410 e. The molecule has 1 saturated heterocycles. The van der Waals surface area contributed by atoms with Crippen molar-refractivity contribution in [3.8, 4) is 0 Å². The molecule has 3 rings (SSSR count). The van der Waals surface area contributed by atoms with Crippen molar-refractivity contribution in [3.05, 3.63) is 17.0 Å². The number of amides is 2. The quantitative estimate of drug-likeness (QED) is 0.886. The average molecular weight is 364 g/mol. The maximum absolute atomic E-state index is 13.0. The first-order valence-corrected chi connectivity index (χ1v) is 9.14. The lowest BCUT2D eigenvalue weighted by Crippen LogP contribution is -2.41. The van der Waals surface area contributed by atoms with Crippen LogP contribution in [0.3, 0.4) is 0 Å². The zero-order chi connectivity index (χ0) is 18.9. The van der Waals surface area contributed by atoms with E-state index in [0.717, 1.165) is 24.1 Å². The number of H-pyrrole nitrogens is 1. The molecule has 0 radical (unpaired) electrons. The van der Waals surface area contributed by atoms with Crippen LogP contribution in [0.15, 0.2) is 0 Å². The molecular formula is C18H28N4O4. The summed E-state index contributed by atoms with van der Waals surface area (Å²) >= 11 is 0. The maximum Gasteiger partial charge on any atom is 0.410 e. The van der Waals surface area contributed by atoms with E-state index in [1.807, 2.05) is 25.7 Å². The van der Waals surface area contributed by atoms with E-state index < -0.39 is 5.60 Å². The number of aromatic nitrogens is 2. The molecule has 3 heterocycles. The van der Waals surface area contributed by atoms with Crippen molar-refractivity contribution in [2.24, 2.45) is 0 Å². The van der Waals surface area contributed by atoms with Gasteiger partial charge in [-0.3, -0.25) is 9.89 Å². The molecule has 144 valence electrons. The molecule has 0 bridgehead atoms. The Labute approximate surface area is 153 Å². The predicted molar refractivity (Wildman–Crippen MR) is 94.9 cm³/mol. The summed E-state index contributed by atoms with van der Waals surface area (Å²) in [6, 6.07) is 0.0883. The van der Waals surface area contributed by atoms with E-state index in [-0.39, 0.29) is 18.0 Å². The molecule has 26 heavy (non-hydrogen) atoms. The highest BCUT2D eigenvalue weighted by Crippen LogP contribution is 2.26. The van der Waals surface area contributed by atoms with Crippen LogP contribution in [0, 0.1) is 0 Å². The summed E-state index contributed by atoms with van der Waals surface area (Å²) in [5, 5.41) is 7.25. The van der Waals surface area contributed by atoms with Crippen LogP contribution in [0.2, 0.25) is 0 Å². The van der Waals surface area contributed by atoms with Gasteiger partial charge in [0, 0.05) is 37.9 Å². The number of hydrogen-bond donors (Lipinski definition) is 1. The summed E-state index contributed by atoms with van der Waals surface area (Å²) < 4.78 is 10.7.